The third-order valence-electron chi connectivity index (χ3n) is 4.41. The van der Waals surface area contributed by atoms with Gasteiger partial charge in [-0.1, -0.05) is 12.8 Å². The van der Waals surface area contributed by atoms with Crippen LogP contribution in [0.15, 0.2) is 0 Å². The lowest BCUT2D eigenvalue weighted by molar-refractivity contribution is -0.162. The fourth-order valence-electron chi connectivity index (χ4n) is 3.01. The van der Waals surface area contributed by atoms with E-state index in [0.29, 0.717) is 12.8 Å². The van der Waals surface area contributed by atoms with Gasteiger partial charge in [-0.05, 0) is 45.7 Å². The number of hydrogen-bond donors (Lipinski definition) is 2. The van der Waals surface area contributed by atoms with Crippen molar-refractivity contribution in [3.63, 3.8) is 0 Å². The molecule has 1 saturated carbocycles. The molecule has 0 aromatic heterocycles. The number of nitrogens with one attached hydrogen (secondary N) is 1. The Balaban J connectivity index is 1.82. The van der Waals surface area contributed by atoms with Crippen molar-refractivity contribution in [2.75, 3.05) is 19.6 Å². The van der Waals surface area contributed by atoms with Gasteiger partial charge < -0.3 is 15.3 Å². The van der Waals surface area contributed by atoms with E-state index in [4.69, 9.17) is 0 Å². The molecule has 1 aliphatic heterocycles. The van der Waals surface area contributed by atoms with Crippen LogP contribution in [0.1, 0.15) is 45.4 Å². The van der Waals surface area contributed by atoms with Gasteiger partial charge in [-0.15, -0.1) is 0 Å². The van der Waals surface area contributed by atoms with Crippen molar-refractivity contribution in [2.45, 2.75) is 51.5 Å². The van der Waals surface area contributed by atoms with Crippen LogP contribution in [-0.2, 0) is 9.59 Å². The summed E-state index contributed by atoms with van der Waals surface area (Å²) in [5, 5.41) is 12.1. The number of carboxylic acid groups (broad SMARTS) is 1. The Bertz CT molecular complexity index is 347. The quantitative estimate of drug-likeness (QED) is 0.736. The highest BCUT2D eigenvalue weighted by atomic mass is 16.4. The van der Waals surface area contributed by atoms with Gasteiger partial charge >= 0.3 is 5.97 Å². The summed E-state index contributed by atoms with van der Waals surface area (Å²) in [6, 6.07) is 0.0161. The van der Waals surface area contributed by atoms with Crippen molar-refractivity contribution >= 4 is 11.9 Å². The topological polar surface area (TPSA) is 69.6 Å². The molecular weight excluding hydrogens is 244 g/mol. The molecule has 2 aliphatic rings. The maximum Gasteiger partial charge on any atom is 0.319 e. The highest BCUT2D eigenvalue weighted by molar-refractivity contribution is 6.02. The van der Waals surface area contributed by atoms with Gasteiger partial charge in [0.1, 0.15) is 5.41 Å². The molecular formula is C14H24N2O3. The molecule has 5 nitrogen and oxygen atoms in total. The molecule has 2 N–H and O–H groups in total. The van der Waals surface area contributed by atoms with E-state index in [-0.39, 0.29) is 11.9 Å². The van der Waals surface area contributed by atoms with Crippen LogP contribution < -0.4 is 5.32 Å². The summed E-state index contributed by atoms with van der Waals surface area (Å²) in [5.41, 5.74) is -1.14. The van der Waals surface area contributed by atoms with Crippen LogP contribution in [0.5, 0.6) is 0 Å². The summed E-state index contributed by atoms with van der Waals surface area (Å²) >= 11 is 0. The van der Waals surface area contributed by atoms with Crippen molar-refractivity contribution in [2.24, 2.45) is 5.41 Å². The standard InChI is InChI=1S/C14H24N2O3/c1-11(10-16-8-3-2-4-9-16)15-12(17)14(13(18)19)6-5-7-14/h11H,2-10H2,1H3,(H,15,17)(H,18,19). The summed E-state index contributed by atoms with van der Waals surface area (Å²) in [5.74, 6) is -1.27. The summed E-state index contributed by atoms with van der Waals surface area (Å²) in [6.45, 7) is 4.96. The van der Waals surface area contributed by atoms with Gasteiger partial charge in [0.2, 0.25) is 5.91 Å². The predicted octanol–water partition coefficient (Wildman–Crippen LogP) is 1.23. The molecule has 2 fully saturated rings. The Kier molecular flexibility index (Phi) is 4.45. The predicted molar refractivity (Wildman–Crippen MR) is 71.8 cm³/mol. The maximum atomic E-state index is 12.1. The van der Waals surface area contributed by atoms with Gasteiger partial charge in [-0.3, -0.25) is 9.59 Å². The molecule has 108 valence electrons. The second-order valence-corrected chi connectivity index (χ2v) is 5.98. The van der Waals surface area contributed by atoms with E-state index in [1.807, 2.05) is 6.92 Å². The minimum Gasteiger partial charge on any atom is -0.480 e. The van der Waals surface area contributed by atoms with Crippen molar-refractivity contribution in [3.05, 3.63) is 0 Å². The first-order valence-corrected chi connectivity index (χ1v) is 7.31. The lowest BCUT2D eigenvalue weighted by atomic mass is 9.68. The first-order valence-electron chi connectivity index (χ1n) is 7.31. The Morgan fingerprint density at radius 2 is 1.84 bits per heavy atom. The minimum atomic E-state index is -1.14. The summed E-state index contributed by atoms with van der Waals surface area (Å²) in [4.78, 5) is 25.7. The van der Waals surface area contributed by atoms with Gasteiger partial charge in [0.15, 0.2) is 0 Å². The molecule has 1 unspecified atom stereocenters. The van der Waals surface area contributed by atoms with E-state index < -0.39 is 11.4 Å². The van der Waals surface area contributed by atoms with Crippen LogP contribution in [-0.4, -0.2) is 47.6 Å². The smallest absolute Gasteiger partial charge is 0.319 e. The molecule has 1 atom stereocenters. The van der Waals surface area contributed by atoms with Gasteiger partial charge in [0, 0.05) is 12.6 Å². The summed E-state index contributed by atoms with van der Waals surface area (Å²) < 4.78 is 0. The second kappa shape index (κ2) is 5.90. The highest BCUT2D eigenvalue weighted by Gasteiger charge is 2.51. The molecule has 0 aromatic carbocycles. The third-order valence-corrected chi connectivity index (χ3v) is 4.41. The van der Waals surface area contributed by atoms with Crippen LogP contribution in [0.25, 0.3) is 0 Å². The van der Waals surface area contributed by atoms with Crippen molar-refractivity contribution < 1.29 is 14.7 Å². The summed E-state index contributed by atoms with van der Waals surface area (Å²) in [7, 11) is 0. The van der Waals surface area contributed by atoms with E-state index in [1.165, 1.54) is 19.3 Å². The molecule has 1 amide bonds. The van der Waals surface area contributed by atoms with E-state index in [2.05, 4.69) is 10.2 Å². The van der Waals surface area contributed by atoms with Crippen molar-refractivity contribution in [1.29, 1.82) is 0 Å². The number of rotatable bonds is 5. The van der Waals surface area contributed by atoms with E-state index in [0.717, 1.165) is 26.1 Å². The molecule has 2 rings (SSSR count). The molecule has 1 heterocycles. The normalized spacial score (nSPS) is 24.3. The molecule has 1 aliphatic carbocycles. The Morgan fingerprint density at radius 3 is 2.32 bits per heavy atom. The van der Waals surface area contributed by atoms with Crippen molar-refractivity contribution in [3.8, 4) is 0 Å². The Hall–Kier alpha value is -1.10. The number of nitrogens with zero attached hydrogens (tertiary/aromatic N) is 1. The SMILES string of the molecule is CC(CN1CCCCC1)NC(=O)C1(C(=O)O)CCC1. The number of piperidine rings is 1. The molecule has 19 heavy (non-hydrogen) atoms. The molecule has 0 radical (unpaired) electrons. The molecule has 1 saturated heterocycles. The fourth-order valence-corrected chi connectivity index (χ4v) is 3.01. The average molecular weight is 268 g/mol. The second-order valence-electron chi connectivity index (χ2n) is 5.98. The first kappa shape index (κ1) is 14.3. The zero-order valence-corrected chi connectivity index (χ0v) is 11.7. The number of carbonyl (C=O) groups excluding carboxylic acids is 1. The maximum absolute atomic E-state index is 12.1. The van der Waals surface area contributed by atoms with Gasteiger partial charge in [0.05, 0.1) is 0 Å². The zero-order chi connectivity index (χ0) is 13.9. The lowest BCUT2D eigenvalue weighted by Crippen LogP contribution is -2.54. The van der Waals surface area contributed by atoms with Crippen LogP contribution in [0, 0.1) is 5.41 Å². The van der Waals surface area contributed by atoms with Gasteiger partial charge in [-0.25, -0.2) is 0 Å². The van der Waals surface area contributed by atoms with Crippen LogP contribution >= 0.6 is 0 Å². The minimum absolute atomic E-state index is 0.0161. The van der Waals surface area contributed by atoms with E-state index in [9.17, 15) is 14.7 Å². The van der Waals surface area contributed by atoms with Crippen LogP contribution in [0.4, 0.5) is 0 Å². The number of likely N-dealkylation sites (tertiary alicyclic amines) is 1. The summed E-state index contributed by atoms with van der Waals surface area (Å²) in [6.07, 6.45) is 5.52. The Morgan fingerprint density at radius 1 is 1.21 bits per heavy atom. The monoisotopic (exact) mass is 268 g/mol. The van der Waals surface area contributed by atoms with Crippen LogP contribution in [0.2, 0.25) is 0 Å². The highest BCUT2D eigenvalue weighted by Crippen LogP contribution is 2.41. The number of carbonyl (C=O) groups is 2. The lowest BCUT2D eigenvalue weighted by Gasteiger charge is -2.37. The fraction of sp³-hybridized carbons (Fsp3) is 0.857. The molecule has 0 spiro atoms. The number of hydrogen-bond acceptors (Lipinski definition) is 3. The number of amides is 1. The Labute approximate surface area is 114 Å². The molecule has 0 aromatic rings. The van der Waals surface area contributed by atoms with Crippen LogP contribution in [0.3, 0.4) is 0 Å². The van der Waals surface area contributed by atoms with E-state index >= 15 is 0 Å². The molecule has 5 heteroatoms. The number of aliphatic carboxylic acids is 1. The first-order chi connectivity index (χ1) is 9.04. The van der Waals surface area contributed by atoms with E-state index in [1.54, 1.807) is 0 Å². The number of carboxylic acids is 1. The van der Waals surface area contributed by atoms with Gasteiger partial charge in [0.25, 0.3) is 0 Å². The largest absolute Gasteiger partial charge is 0.480 e. The third kappa shape index (κ3) is 3.08. The molecule has 0 bridgehead atoms. The zero-order valence-electron chi connectivity index (χ0n) is 11.7. The van der Waals surface area contributed by atoms with Gasteiger partial charge in [-0.2, -0.15) is 0 Å². The van der Waals surface area contributed by atoms with Crippen molar-refractivity contribution in [1.82, 2.24) is 10.2 Å². The average Bonchev–Trinajstić information content (AvgIpc) is 2.27.